The summed E-state index contributed by atoms with van der Waals surface area (Å²) in [4.78, 5) is 22.4. The summed E-state index contributed by atoms with van der Waals surface area (Å²) in [7, 11) is 5.25. The van der Waals surface area contributed by atoms with E-state index in [1.165, 1.54) is 6.92 Å². The Kier molecular flexibility index (Phi) is 4.16. The summed E-state index contributed by atoms with van der Waals surface area (Å²) < 4.78 is 43.6. The topological polar surface area (TPSA) is 43.4 Å². The molecule has 18 heavy (non-hydrogen) atoms. The molecule has 0 atom stereocenters. The van der Waals surface area contributed by atoms with E-state index in [4.69, 9.17) is 7.85 Å². The highest BCUT2D eigenvalue weighted by Crippen LogP contribution is 2.21. The smallest absolute Gasteiger partial charge is 0.404 e. The van der Waals surface area contributed by atoms with Crippen LogP contribution in [0.2, 0.25) is 0 Å². The van der Waals surface area contributed by atoms with E-state index in [1.54, 1.807) is 0 Å². The molecule has 0 saturated heterocycles. The zero-order chi connectivity index (χ0) is 13.9. The second-order valence-electron chi connectivity index (χ2n) is 3.36. The number of rotatable bonds is 4. The summed E-state index contributed by atoms with van der Waals surface area (Å²) in [6, 6.07) is 2.30. The number of ketones is 1. The van der Waals surface area contributed by atoms with Gasteiger partial charge in [-0.25, -0.2) is 9.18 Å². The molecule has 1 rings (SSSR count). The molecule has 0 aromatic heterocycles. The average Bonchev–Trinajstić information content (AvgIpc) is 2.28. The highest BCUT2D eigenvalue weighted by atomic mass is 19.3. The van der Waals surface area contributed by atoms with Gasteiger partial charge >= 0.3 is 11.9 Å². The number of benzene rings is 1. The van der Waals surface area contributed by atoms with Gasteiger partial charge < -0.3 is 4.74 Å². The van der Waals surface area contributed by atoms with Gasteiger partial charge in [-0.05, 0) is 25.1 Å². The number of esters is 1. The SMILES string of the molecule is [B]c1cc(F)ccc1C(=O)C(F)(F)C(=O)OCC. The van der Waals surface area contributed by atoms with Crippen LogP contribution in [0.5, 0.6) is 0 Å². The zero-order valence-corrected chi connectivity index (χ0v) is 9.38. The molecule has 3 nitrogen and oxygen atoms in total. The Morgan fingerprint density at radius 1 is 1.39 bits per heavy atom. The molecule has 1 aromatic rings. The van der Waals surface area contributed by atoms with Crippen molar-refractivity contribution in [2.75, 3.05) is 6.61 Å². The van der Waals surface area contributed by atoms with Crippen LogP contribution in [0.1, 0.15) is 17.3 Å². The van der Waals surface area contributed by atoms with E-state index < -0.39 is 34.5 Å². The van der Waals surface area contributed by atoms with Gasteiger partial charge in [-0.2, -0.15) is 8.78 Å². The third-order valence-corrected chi connectivity index (χ3v) is 2.08. The minimum Gasteiger partial charge on any atom is -0.461 e. The lowest BCUT2D eigenvalue weighted by atomic mass is 9.87. The van der Waals surface area contributed by atoms with Gasteiger partial charge in [0.15, 0.2) is 0 Å². The summed E-state index contributed by atoms with van der Waals surface area (Å²) in [5.41, 5.74) is -1.10. The van der Waals surface area contributed by atoms with Crippen molar-refractivity contribution in [3.63, 3.8) is 0 Å². The Hall–Kier alpha value is -1.79. The molecule has 0 aliphatic rings. The largest absolute Gasteiger partial charge is 0.461 e. The molecule has 0 aliphatic heterocycles. The first kappa shape index (κ1) is 14.3. The van der Waals surface area contributed by atoms with Crippen LogP contribution in [0.4, 0.5) is 13.2 Å². The number of Topliss-reactive ketones (excluding diaryl/α,β-unsaturated/α-hetero) is 1. The number of ether oxygens (including phenoxy) is 1. The molecule has 0 bridgehead atoms. The molecule has 0 spiro atoms. The fourth-order valence-corrected chi connectivity index (χ4v) is 1.22. The summed E-state index contributed by atoms with van der Waals surface area (Å²) >= 11 is 0. The number of alkyl halides is 2. The molecule has 0 saturated carbocycles. The van der Waals surface area contributed by atoms with Gasteiger partial charge in [0.05, 0.1) is 6.61 Å². The molecule has 0 amide bonds. The highest BCUT2D eigenvalue weighted by molar-refractivity contribution is 6.37. The molecule has 2 radical (unpaired) electrons. The van der Waals surface area contributed by atoms with Crippen LogP contribution < -0.4 is 5.46 Å². The Morgan fingerprint density at radius 3 is 2.50 bits per heavy atom. The summed E-state index contributed by atoms with van der Waals surface area (Å²) in [6.45, 7) is 1.03. The molecule has 0 aliphatic carbocycles. The molecule has 7 heteroatoms. The minimum atomic E-state index is -4.35. The van der Waals surface area contributed by atoms with Crippen LogP contribution in [0.25, 0.3) is 0 Å². The lowest BCUT2D eigenvalue weighted by Gasteiger charge is -2.14. The van der Waals surface area contributed by atoms with Crippen molar-refractivity contribution in [3.05, 3.63) is 29.6 Å². The van der Waals surface area contributed by atoms with Gasteiger partial charge in [-0.1, -0.05) is 5.46 Å². The first-order valence-electron chi connectivity index (χ1n) is 4.95. The molecule has 0 fully saturated rings. The van der Waals surface area contributed by atoms with E-state index in [-0.39, 0.29) is 6.61 Å². The second-order valence-corrected chi connectivity index (χ2v) is 3.36. The molecule has 0 unspecified atom stereocenters. The monoisotopic (exact) mass is 256 g/mol. The number of halogens is 3. The normalized spacial score (nSPS) is 11.1. The number of hydrogen-bond donors (Lipinski definition) is 0. The molecule has 0 heterocycles. The maximum absolute atomic E-state index is 13.4. The number of carbonyl (C=O) groups is 2. The van der Waals surface area contributed by atoms with Crippen LogP contribution in [0.15, 0.2) is 18.2 Å². The van der Waals surface area contributed by atoms with E-state index in [1.807, 2.05) is 0 Å². The van der Waals surface area contributed by atoms with Gasteiger partial charge in [0.25, 0.3) is 0 Å². The first-order valence-corrected chi connectivity index (χ1v) is 4.95. The Balaban J connectivity index is 3.09. The van der Waals surface area contributed by atoms with Gasteiger partial charge in [-0.3, -0.25) is 4.79 Å². The molecular formula is C11H8BF3O3. The van der Waals surface area contributed by atoms with Crippen LogP contribution in [0, 0.1) is 5.82 Å². The maximum atomic E-state index is 13.4. The van der Waals surface area contributed by atoms with Crippen molar-refractivity contribution >= 4 is 25.1 Å². The molecular weight excluding hydrogens is 248 g/mol. The van der Waals surface area contributed by atoms with Crippen LogP contribution in [-0.2, 0) is 9.53 Å². The zero-order valence-electron chi connectivity index (χ0n) is 9.38. The predicted molar refractivity (Wildman–Crippen MR) is 57.7 cm³/mol. The van der Waals surface area contributed by atoms with Crippen molar-refractivity contribution in [1.82, 2.24) is 0 Å². The van der Waals surface area contributed by atoms with Gasteiger partial charge in [0.2, 0.25) is 5.78 Å². The van der Waals surface area contributed by atoms with Crippen LogP contribution in [-0.4, -0.2) is 32.1 Å². The van der Waals surface area contributed by atoms with E-state index in [0.717, 1.165) is 12.1 Å². The molecule has 0 N–H and O–H groups in total. The Bertz CT molecular complexity index is 488. The third kappa shape index (κ3) is 2.72. The summed E-state index contributed by atoms with van der Waals surface area (Å²) in [5.74, 6) is -8.90. The quantitative estimate of drug-likeness (QED) is 0.349. The van der Waals surface area contributed by atoms with Gasteiger partial charge in [0.1, 0.15) is 13.7 Å². The lowest BCUT2D eigenvalue weighted by Crippen LogP contribution is -2.41. The number of hydrogen-bond acceptors (Lipinski definition) is 3. The maximum Gasteiger partial charge on any atom is 0.404 e. The number of carbonyl (C=O) groups excluding carboxylic acids is 2. The van der Waals surface area contributed by atoms with E-state index in [2.05, 4.69) is 4.74 Å². The van der Waals surface area contributed by atoms with Crippen molar-refractivity contribution in [1.29, 1.82) is 0 Å². The van der Waals surface area contributed by atoms with Crippen molar-refractivity contribution < 1.29 is 27.5 Å². The summed E-state index contributed by atoms with van der Waals surface area (Å²) in [5, 5.41) is 0. The van der Waals surface area contributed by atoms with Crippen molar-refractivity contribution in [2.45, 2.75) is 12.8 Å². The molecule has 94 valence electrons. The van der Waals surface area contributed by atoms with Gasteiger partial charge in [-0.15, -0.1) is 0 Å². The van der Waals surface area contributed by atoms with E-state index in [0.29, 0.717) is 6.07 Å². The Morgan fingerprint density at radius 2 is 2.00 bits per heavy atom. The van der Waals surface area contributed by atoms with Gasteiger partial charge in [0, 0.05) is 5.56 Å². The van der Waals surface area contributed by atoms with Crippen LogP contribution in [0.3, 0.4) is 0 Å². The van der Waals surface area contributed by atoms with E-state index in [9.17, 15) is 22.8 Å². The minimum absolute atomic E-state index is 0.291. The predicted octanol–water partition coefficient (Wildman–Crippen LogP) is 1.00. The highest BCUT2D eigenvalue weighted by Gasteiger charge is 2.49. The molecule has 1 aromatic carbocycles. The second kappa shape index (κ2) is 5.24. The fraction of sp³-hybridized carbons (Fsp3) is 0.273. The Labute approximate surface area is 102 Å². The first-order chi connectivity index (χ1) is 8.30. The average molecular weight is 256 g/mol. The van der Waals surface area contributed by atoms with Crippen LogP contribution >= 0.6 is 0 Å². The third-order valence-electron chi connectivity index (χ3n) is 2.08. The van der Waals surface area contributed by atoms with E-state index >= 15 is 0 Å². The lowest BCUT2D eigenvalue weighted by molar-refractivity contribution is -0.164. The summed E-state index contributed by atoms with van der Waals surface area (Å²) in [6.07, 6.45) is 0. The fourth-order valence-electron chi connectivity index (χ4n) is 1.22. The van der Waals surface area contributed by atoms with Crippen molar-refractivity contribution in [3.8, 4) is 0 Å². The van der Waals surface area contributed by atoms with Crippen molar-refractivity contribution in [2.24, 2.45) is 0 Å². The standard InChI is InChI=1S/C11H8BF3O3/c1-2-18-10(17)11(14,15)9(16)7-4-3-6(13)5-8(7)12/h3-5H,2H2,1H3.